The molecule has 104 valence electrons. The van der Waals surface area contributed by atoms with Crippen LogP contribution in [0.2, 0.25) is 0 Å². The van der Waals surface area contributed by atoms with E-state index in [2.05, 4.69) is 29.2 Å². The first-order valence-corrected chi connectivity index (χ1v) is 7.32. The molecule has 2 unspecified atom stereocenters. The molecule has 4 aliphatic rings. The molecule has 4 nitrogen and oxygen atoms in total. The lowest BCUT2D eigenvalue weighted by molar-refractivity contribution is 0.130. The normalized spacial score (nSPS) is 39.5. The van der Waals surface area contributed by atoms with Crippen molar-refractivity contribution in [2.24, 2.45) is 0 Å². The van der Waals surface area contributed by atoms with E-state index in [0.717, 1.165) is 37.4 Å². The van der Waals surface area contributed by atoms with Crippen LogP contribution < -0.4 is 9.47 Å². The summed E-state index contributed by atoms with van der Waals surface area (Å²) < 4.78 is 11.0. The first-order valence-electron chi connectivity index (χ1n) is 7.32. The minimum Gasteiger partial charge on any atom is -0.454 e. The lowest BCUT2D eigenvalue weighted by atomic mass is 9.66. The zero-order valence-corrected chi connectivity index (χ0v) is 11.2. The van der Waals surface area contributed by atoms with Crippen LogP contribution in [0.1, 0.15) is 24.0 Å². The third kappa shape index (κ3) is 1.15. The second kappa shape index (κ2) is 3.57. The standard InChI is InChI=1S/C16H17NO3/c18-15-8-17-7-10-5-12-13(20-9-19-12)6-11(10)16(15)4-2-1-3-14(16)17/h2,4-6,14-15,18H,1,3,7-9H2/t14-,15?,16-/m0/s1. The Morgan fingerprint density at radius 2 is 2.10 bits per heavy atom. The molecule has 3 heterocycles. The summed E-state index contributed by atoms with van der Waals surface area (Å²) in [6, 6.07) is 4.63. The van der Waals surface area contributed by atoms with Crippen molar-refractivity contribution in [1.82, 2.24) is 4.90 Å². The maximum absolute atomic E-state index is 10.7. The summed E-state index contributed by atoms with van der Waals surface area (Å²) in [5.74, 6) is 1.66. The minimum absolute atomic E-state index is 0.243. The number of allylic oxidation sites excluding steroid dienone is 1. The first kappa shape index (κ1) is 11.2. The Morgan fingerprint density at radius 1 is 1.25 bits per heavy atom. The fraction of sp³-hybridized carbons (Fsp3) is 0.500. The van der Waals surface area contributed by atoms with Crippen LogP contribution in [0.25, 0.3) is 0 Å². The third-order valence-electron chi connectivity index (χ3n) is 5.39. The van der Waals surface area contributed by atoms with E-state index >= 15 is 0 Å². The van der Waals surface area contributed by atoms with E-state index in [4.69, 9.17) is 9.47 Å². The highest BCUT2D eigenvalue weighted by molar-refractivity contribution is 5.56. The van der Waals surface area contributed by atoms with Gasteiger partial charge in [-0.2, -0.15) is 0 Å². The van der Waals surface area contributed by atoms with Crippen molar-refractivity contribution < 1.29 is 14.6 Å². The summed E-state index contributed by atoms with van der Waals surface area (Å²) in [6.45, 7) is 1.97. The van der Waals surface area contributed by atoms with E-state index in [1.165, 1.54) is 11.1 Å². The van der Waals surface area contributed by atoms with Gasteiger partial charge in [-0.15, -0.1) is 0 Å². The molecule has 1 saturated heterocycles. The zero-order valence-electron chi connectivity index (χ0n) is 11.2. The SMILES string of the molecule is OC1CN2Cc3cc4c(cc3[C@]13C=CCC[C@H]23)OCO4. The zero-order chi connectivity index (χ0) is 13.3. The lowest BCUT2D eigenvalue weighted by Gasteiger charge is -2.45. The molecule has 20 heavy (non-hydrogen) atoms. The summed E-state index contributed by atoms with van der Waals surface area (Å²) in [5.41, 5.74) is 2.27. The van der Waals surface area contributed by atoms with Crippen molar-refractivity contribution in [2.45, 2.75) is 36.9 Å². The minimum atomic E-state index is -0.328. The van der Waals surface area contributed by atoms with E-state index in [9.17, 15) is 5.11 Å². The molecule has 0 aromatic heterocycles. The third-order valence-corrected chi connectivity index (χ3v) is 5.39. The van der Waals surface area contributed by atoms with Crippen LogP contribution in [0.3, 0.4) is 0 Å². The summed E-state index contributed by atoms with van der Waals surface area (Å²) >= 11 is 0. The number of hydrogen-bond acceptors (Lipinski definition) is 4. The molecule has 1 aromatic rings. The molecule has 5 rings (SSSR count). The molecular formula is C16H17NO3. The van der Waals surface area contributed by atoms with Crippen molar-refractivity contribution in [3.05, 3.63) is 35.4 Å². The van der Waals surface area contributed by atoms with Crippen LogP contribution in [-0.4, -0.2) is 35.5 Å². The van der Waals surface area contributed by atoms with Gasteiger partial charge in [0, 0.05) is 19.1 Å². The van der Waals surface area contributed by atoms with Crippen LogP contribution in [-0.2, 0) is 12.0 Å². The van der Waals surface area contributed by atoms with Gasteiger partial charge in [-0.25, -0.2) is 0 Å². The molecular weight excluding hydrogens is 254 g/mol. The molecule has 0 spiro atoms. The largest absolute Gasteiger partial charge is 0.454 e. The summed E-state index contributed by atoms with van der Waals surface area (Å²) in [6.07, 6.45) is 6.37. The number of hydrogen-bond donors (Lipinski definition) is 1. The van der Waals surface area contributed by atoms with Crippen LogP contribution in [0.5, 0.6) is 11.5 Å². The second-order valence-electron chi connectivity index (χ2n) is 6.24. The predicted molar refractivity (Wildman–Crippen MR) is 72.8 cm³/mol. The van der Waals surface area contributed by atoms with Crippen LogP contribution in [0.15, 0.2) is 24.3 Å². The Balaban J connectivity index is 1.78. The van der Waals surface area contributed by atoms with Gasteiger partial charge >= 0.3 is 0 Å². The highest BCUT2D eigenvalue weighted by Crippen LogP contribution is 2.53. The molecule has 0 radical (unpaired) electrons. The fourth-order valence-corrected chi connectivity index (χ4v) is 4.56. The highest BCUT2D eigenvalue weighted by atomic mass is 16.7. The molecule has 1 aromatic carbocycles. The molecule has 1 fully saturated rings. The van der Waals surface area contributed by atoms with Gasteiger partial charge in [0.2, 0.25) is 6.79 Å². The van der Waals surface area contributed by atoms with Gasteiger partial charge in [0.25, 0.3) is 0 Å². The first-order chi connectivity index (χ1) is 9.79. The van der Waals surface area contributed by atoms with Gasteiger partial charge in [-0.3, -0.25) is 4.90 Å². The molecule has 4 atom stereocenters. The second-order valence-corrected chi connectivity index (χ2v) is 6.24. The van der Waals surface area contributed by atoms with Gasteiger partial charge < -0.3 is 14.6 Å². The van der Waals surface area contributed by atoms with Gasteiger partial charge in [0.15, 0.2) is 11.5 Å². The molecule has 3 aliphatic heterocycles. The molecule has 1 aliphatic carbocycles. The number of ether oxygens (including phenoxy) is 2. The topological polar surface area (TPSA) is 41.9 Å². The van der Waals surface area contributed by atoms with E-state index in [1.807, 2.05) is 0 Å². The average Bonchev–Trinajstić information content (AvgIpc) is 2.99. The quantitative estimate of drug-likeness (QED) is 0.727. The highest BCUT2D eigenvalue weighted by Gasteiger charge is 2.57. The fourth-order valence-electron chi connectivity index (χ4n) is 4.56. The lowest BCUT2D eigenvalue weighted by Crippen LogP contribution is -2.49. The number of rotatable bonds is 0. The van der Waals surface area contributed by atoms with E-state index in [-0.39, 0.29) is 11.5 Å². The number of benzene rings is 1. The summed E-state index contributed by atoms with van der Waals surface area (Å²) in [4.78, 5) is 2.43. The summed E-state index contributed by atoms with van der Waals surface area (Å²) in [5, 5.41) is 10.7. The number of nitrogens with zero attached hydrogens (tertiary/aromatic N) is 1. The Kier molecular flexibility index (Phi) is 1.99. The molecule has 0 amide bonds. The molecule has 0 saturated carbocycles. The Labute approximate surface area is 117 Å². The predicted octanol–water partition coefficient (Wildman–Crippen LogP) is 1.56. The average molecular weight is 271 g/mol. The van der Waals surface area contributed by atoms with E-state index in [0.29, 0.717) is 12.8 Å². The van der Waals surface area contributed by atoms with E-state index < -0.39 is 0 Å². The van der Waals surface area contributed by atoms with Gasteiger partial charge in [0.05, 0.1) is 11.5 Å². The monoisotopic (exact) mass is 271 g/mol. The Hall–Kier alpha value is -1.52. The summed E-state index contributed by atoms with van der Waals surface area (Å²) in [7, 11) is 0. The number of aliphatic hydroxyl groups excluding tert-OH is 1. The van der Waals surface area contributed by atoms with Crippen molar-refractivity contribution in [3.63, 3.8) is 0 Å². The van der Waals surface area contributed by atoms with Gasteiger partial charge in [-0.05, 0) is 36.1 Å². The van der Waals surface area contributed by atoms with Crippen molar-refractivity contribution in [2.75, 3.05) is 13.3 Å². The molecule has 2 bridgehead atoms. The van der Waals surface area contributed by atoms with Crippen LogP contribution >= 0.6 is 0 Å². The van der Waals surface area contributed by atoms with Crippen molar-refractivity contribution >= 4 is 0 Å². The van der Waals surface area contributed by atoms with Gasteiger partial charge in [0.1, 0.15) is 0 Å². The van der Waals surface area contributed by atoms with Crippen LogP contribution in [0.4, 0.5) is 0 Å². The Bertz CT molecular complexity index is 626. The molecule has 1 N–H and O–H groups in total. The van der Waals surface area contributed by atoms with Crippen molar-refractivity contribution in [3.8, 4) is 11.5 Å². The van der Waals surface area contributed by atoms with Gasteiger partial charge in [-0.1, -0.05) is 12.2 Å². The van der Waals surface area contributed by atoms with E-state index in [1.54, 1.807) is 0 Å². The smallest absolute Gasteiger partial charge is 0.231 e. The maximum Gasteiger partial charge on any atom is 0.231 e. The van der Waals surface area contributed by atoms with Crippen molar-refractivity contribution in [1.29, 1.82) is 0 Å². The number of aliphatic hydroxyl groups is 1. The molecule has 4 heteroatoms. The van der Waals surface area contributed by atoms with Crippen LogP contribution in [0, 0.1) is 0 Å². The maximum atomic E-state index is 10.7. The Morgan fingerprint density at radius 3 is 3.00 bits per heavy atom. The number of fused-ring (bicyclic) bond motifs is 2.